The number of benzene rings is 1. The smallest absolute Gasteiger partial charge is 0.321 e. The molecule has 3 aliphatic rings. The molecule has 0 unspecified atom stereocenters. The minimum absolute atomic E-state index is 0.0434. The van der Waals surface area contributed by atoms with Gasteiger partial charge in [0.2, 0.25) is 5.78 Å². The molecule has 4 nitrogen and oxygen atoms in total. The average Bonchev–Trinajstić information content (AvgIpc) is 2.97. The fourth-order valence-corrected chi connectivity index (χ4v) is 5.84. The van der Waals surface area contributed by atoms with Crippen molar-refractivity contribution in [1.29, 1.82) is 0 Å². The fraction of sp³-hybridized carbons (Fsp3) is 0.300. The summed E-state index contributed by atoms with van der Waals surface area (Å²) in [5.41, 5.74) is 3.25. The minimum atomic E-state index is -0.330. The van der Waals surface area contributed by atoms with Gasteiger partial charge in [0.25, 0.3) is 0 Å². The van der Waals surface area contributed by atoms with Gasteiger partial charge in [-0.25, -0.2) is 0 Å². The van der Waals surface area contributed by atoms with E-state index in [0.29, 0.717) is 12.3 Å². The number of hydrogen-bond donors (Lipinski definition) is 0. The van der Waals surface area contributed by atoms with Gasteiger partial charge >= 0.3 is 5.97 Å². The van der Waals surface area contributed by atoms with Crippen molar-refractivity contribution in [2.45, 2.75) is 24.6 Å². The van der Waals surface area contributed by atoms with Gasteiger partial charge in [0.15, 0.2) is 0 Å². The molecule has 0 saturated heterocycles. The Kier molecular flexibility index (Phi) is 4.71. The molecule has 1 aromatic rings. The van der Waals surface area contributed by atoms with E-state index in [4.69, 9.17) is 4.74 Å². The molecule has 6 heteroatoms. The van der Waals surface area contributed by atoms with Crippen molar-refractivity contribution >= 4 is 40.8 Å². The van der Waals surface area contributed by atoms with E-state index >= 15 is 0 Å². The third kappa shape index (κ3) is 2.63. The van der Waals surface area contributed by atoms with Crippen molar-refractivity contribution in [1.82, 2.24) is 4.90 Å². The summed E-state index contributed by atoms with van der Waals surface area (Å²) in [6.45, 7) is 2.18. The Bertz CT molecular complexity index is 857. The first kappa shape index (κ1) is 17.5. The Balaban J connectivity index is 1.87. The lowest BCUT2D eigenvalue weighted by Crippen LogP contribution is -2.48. The molecule has 0 bridgehead atoms. The van der Waals surface area contributed by atoms with E-state index in [1.54, 1.807) is 0 Å². The third-order valence-corrected chi connectivity index (χ3v) is 7.25. The molecule has 0 aliphatic carbocycles. The van der Waals surface area contributed by atoms with E-state index < -0.39 is 0 Å². The molecule has 0 fully saturated rings. The van der Waals surface area contributed by atoms with Gasteiger partial charge in [-0.15, -0.1) is 11.8 Å². The molecule has 2 atom stereocenters. The zero-order chi connectivity index (χ0) is 18.3. The number of esters is 1. The summed E-state index contributed by atoms with van der Waals surface area (Å²) in [5.74, 6) is -0.162. The summed E-state index contributed by atoms with van der Waals surface area (Å²) in [6, 6.07) is 9.67. The standard InChI is InChI=1S/C20H19NO3S2/c1-3-24-19(23)18-14-11-7-10-13-15(12-8-5-4-6-9-12)17(22)16(21(13)14)20(25-2)26-18/h4-10,14,18H,3,11H2,1-2H3/t14-,18-/m0/s1. The Morgan fingerprint density at radius 3 is 2.81 bits per heavy atom. The van der Waals surface area contributed by atoms with Crippen LogP contribution in [0.25, 0.3) is 5.57 Å². The topological polar surface area (TPSA) is 46.6 Å². The number of ketones is 1. The van der Waals surface area contributed by atoms with E-state index in [9.17, 15) is 9.59 Å². The Labute approximate surface area is 161 Å². The predicted molar refractivity (Wildman–Crippen MR) is 106 cm³/mol. The van der Waals surface area contributed by atoms with Gasteiger partial charge in [0.1, 0.15) is 10.9 Å². The maximum absolute atomic E-state index is 13.3. The van der Waals surface area contributed by atoms with Gasteiger partial charge in [0, 0.05) is 0 Å². The first-order chi connectivity index (χ1) is 12.7. The van der Waals surface area contributed by atoms with Crippen LogP contribution in [0.5, 0.6) is 0 Å². The molecule has 0 amide bonds. The molecule has 4 rings (SSSR count). The Hall–Kier alpha value is -1.92. The summed E-state index contributed by atoms with van der Waals surface area (Å²) in [5, 5.41) is -0.330. The van der Waals surface area contributed by atoms with Gasteiger partial charge in [-0.2, -0.15) is 0 Å². The maximum atomic E-state index is 13.3. The Morgan fingerprint density at radius 1 is 1.35 bits per heavy atom. The number of ether oxygens (including phenoxy) is 1. The van der Waals surface area contributed by atoms with Crippen LogP contribution in [0.15, 0.2) is 58.1 Å². The van der Waals surface area contributed by atoms with Crippen LogP contribution in [-0.2, 0) is 14.3 Å². The second kappa shape index (κ2) is 7.00. The van der Waals surface area contributed by atoms with Crippen LogP contribution in [-0.4, -0.2) is 40.8 Å². The van der Waals surface area contributed by atoms with Crippen molar-refractivity contribution in [2.75, 3.05) is 12.9 Å². The molecule has 1 aromatic carbocycles. The first-order valence-corrected chi connectivity index (χ1v) is 10.7. The van der Waals surface area contributed by atoms with Crippen molar-refractivity contribution < 1.29 is 14.3 Å². The molecule has 0 spiro atoms. The van der Waals surface area contributed by atoms with Gasteiger partial charge < -0.3 is 9.64 Å². The lowest BCUT2D eigenvalue weighted by molar-refractivity contribution is -0.143. The minimum Gasteiger partial charge on any atom is -0.465 e. The van der Waals surface area contributed by atoms with Gasteiger partial charge in [0.05, 0.1) is 28.2 Å². The number of carbonyl (C=O) groups excluding carboxylic acids is 2. The van der Waals surface area contributed by atoms with Gasteiger partial charge in [-0.05, 0) is 31.2 Å². The Morgan fingerprint density at radius 2 is 2.12 bits per heavy atom. The summed E-state index contributed by atoms with van der Waals surface area (Å²) >= 11 is 2.99. The highest BCUT2D eigenvalue weighted by molar-refractivity contribution is 8.22. The van der Waals surface area contributed by atoms with Gasteiger partial charge in [-0.3, -0.25) is 9.59 Å². The highest BCUT2D eigenvalue weighted by Crippen LogP contribution is 2.52. The van der Waals surface area contributed by atoms with Crippen molar-refractivity contribution in [2.24, 2.45) is 0 Å². The summed E-state index contributed by atoms with van der Waals surface area (Å²) in [6.07, 6.45) is 6.75. The van der Waals surface area contributed by atoms with Crippen LogP contribution in [0.4, 0.5) is 0 Å². The monoisotopic (exact) mass is 385 g/mol. The van der Waals surface area contributed by atoms with Crippen LogP contribution >= 0.6 is 23.5 Å². The van der Waals surface area contributed by atoms with Crippen molar-refractivity contribution in [3.8, 4) is 0 Å². The third-order valence-electron chi connectivity index (χ3n) is 4.73. The molecule has 0 radical (unpaired) electrons. The number of nitrogens with zero attached hydrogens (tertiary/aromatic N) is 1. The van der Waals surface area contributed by atoms with Gasteiger partial charge in [-0.1, -0.05) is 48.2 Å². The highest BCUT2D eigenvalue weighted by Gasteiger charge is 2.49. The largest absolute Gasteiger partial charge is 0.465 e. The molecule has 3 aliphatic heterocycles. The molecule has 0 N–H and O–H groups in total. The van der Waals surface area contributed by atoms with E-state index in [-0.39, 0.29) is 23.0 Å². The fourth-order valence-electron chi connectivity index (χ4n) is 3.68. The number of allylic oxidation sites excluding steroid dienone is 2. The maximum Gasteiger partial charge on any atom is 0.321 e. The zero-order valence-corrected chi connectivity index (χ0v) is 16.2. The molecule has 0 saturated carbocycles. The van der Waals surface area contributed by atoms with Crippen LogP contribution in [0.3, 0.4) is 0 Å². The average molecular weight is 386 g/mol. The zero-order valence-electron chi connectivity index (χ0n) is 14.6. The lowest BCUT2D eigenvalue weighted by atomic mass is 9.99. The number of thioether (sulfide) groups is 2. The first-order valence-electron chi connectivity index (χ1n) is 8.59. The quantitative estimate of drug-likeness (QED) is 0.735. The van der Waals surface area contributed by atoms with Crippen LogP contribution < -0.4 is 0 Å². The second-order valence-electron chi connectivity index (χ2n) is 6.16. The van der Waals surface area contributed by atoms with E-state index in [2.05, 4.69) is 11.0 Å². The lowest BCUT2D eigenvalue weighted by Gasteiger charge is -2.41. The predicted octanol–water partition coefficient (Wildman–Crippen LogP) is 3.82. The van der Waals surface area contributed by atoms with Crippen molar-refractivity contribution in [3.05, 3.63) is 63.7 Å². The van der Waals surface area contributed by atoms with E-state index in [0.717, 1.165) is 27.5 Å². The van der Waals surface area contributed by atoms with E-state index in [1.165, 1.54) is 23.5 Å². The van der Waals surface area contributed by atoms with Crippen molar-refractivity contribution in [3.63, 3.8) is 0 Å². The SMILES string of the molecule is CCOC(=O)[C@H]1SC(SC)=C2C(=O)C(c3ccccc3)=C3C=CC[C@@H]1N32. The number of Topliss-reactive ketones (excluding diaryl/α,β-unsaturated/α-hetero) is 1. The molecule has 26 heavy (non-hydrogen) atoms. The van der Waals surface area contributed by atoms with Crippen LogP contribution in [0.2, 0.25) is 0 Å². The molecule has 134 valence electrons. The number of hydrogen-bond acceptors (Lipinski definition) is 6. The molecular formula is C20H19NO3S2. The number of carbonyl (C=O) groups is 2. The summed E-state index contributed by atoms with van der Waals surface area (Å²) in [7, 11) is 0. The highest BCUT2D eigenvalue weighted by atomic mass is 32.2. The number of rotatable bonds is 4. The van der Waals surface area contributed by atoms with Crippen LogP contribution in [0, 0.1) is 0 Å². The molecule has 3 heterocycles. The molecule has 0 aromatic heterocycles. The van der Waals surface area contributed by atoms with Crippen LogP contribution in [0.1, 0.15) is 18.9 Å². The summed E-state index contributed by atoms with van der Waals surface area (Å²) in [4.78, 5) is 28.0. The normalized spacial score (nSPS) is 24.2. The summed E-state index contributed by atoms with van der Waals surface area (Å²) < 4.78 is 6.20. The molecular weight excluding hydrogens is 366 g/mol. The van der Waals surface area contributed by atoms with E-state index in [1.807, 2.05) is 49.6 Å². The second-order valence-corrected chi connectivity index (χ2v) is 8.39.